The molecular weight excluding hydrogens is 245 g/mol. The molecule has 1 aromatic rings. The van der Waals surface area contributed by atoms with Crippen LogP contribution in [0.25, 0.3) is 0 Å². The Hall–Kier alpha value is -1.52. The zero-order valence-corrected chi connectivity index (χ0v) is 12.2. The van der Waals surface area contributed by atoms with Crippen molar-refractivity contribution in [2.24, 2.45) is 0 Å². The van der Waals surface area contributed by atoms with E-state index in [2.05, 4.69) is 16.8 Å². The van der Waals surface area contributed by atoms with Crippen molar-refractivity contribution in [3.63, 3.8) is 0 Å². The minimum absolute atomic E-state index is 0.104. The quantitative estimate of drug-likeness (QED) is 0.838. The van der Waals surface area contributed by atoms with Crippen molar-refractivity contribution in [3.05, 3.63) is 11.5 Å². The average Bonchev–Trinajstić information content (AvgIpc) is 2.41. The summed E-state index contributed by atoms with van der Waals surface area (Å²) in [5.41, 5.74) is 2.47. The van der Waals surface area contributed by atoms with Gasteiger partial charge >= 0.3 is 0 Å². The van der Waals surface area contributed by atoms with Crippen molar-refractivity contribution in [1.29, 1.82) is 0 Å². The summed E-state index contributed by atoms with van der Waals surface area (Å²) in [7, 11) is 5.38. The van der Waals surface area contributed by atoms with Gasteiger partial charge in [0.05, 0.1) is 18.5 Å². The molecule has 2 rings (SSSR count). The molecule has 5 heteroatoms. The first-order valence-electron chi connectivity index (χ1n) is 6.78. The molecule has 0 bridgehead atoms. The van der Waals surface area contributed by atoms with Crippen molar-refractivity contribution >= 4 is 11.4 Å². The molecule has 106 valence electrons. The second-order valence-electron chi connectivity index (χ2n) is 5.03. The number of methoxy groups -OCH3 is 1. The van der Waals surface area contributed by atoms with Gasteiger partial charge in [0.1, 0.15) is 5.69 Å². The highest BCUT2D eigenvalue weighted by Gasteiger charge is 2.28. The van der Waals surface area contributed by atoms with Gasteiger partial charge < -0.3 is 14.5 Å². The second kappa shape index (κ2) is 5.63. The Morgan fingerprint density at radius 3 is 2.42 bits per heavy atom. The van der Waals surface area contributed by atoms with E-state index in [0.717, 1.165) is 43.7 Å². The van der Waals surface area contributed by atoms with E-state index in [1.54, 1.807) is 0 Å². The van der Waals surface area contributed by atoms with Gasteiger partial charge in [0, 0.05) is 27.2 Å². The highest BCUT2D eigenvalue weighted by atomic mass is 19.1. The third-order valence-corrected chi connectivity index (χ3v) is 3.62. The standard InChI is InChI=1S/C14H22FN3O/c1-5-6-7-10-12-13(11(15)14(16-10)19-4)18(3)9-8-17(12)2/h5-9H2,1-4H3. The fourth-order valence-electron chi connectivity index (χ4n) is 2.49. The number of aryl methyl sites for hydroxylation is 1. The Kier molecular flexibility index (Phi) is 4.12. The number of hydrogen-bond acceptors (Lipinski definition) is 4. The Balaban J connectivity index is 2.56. The number of nitrogens with zero attached hydrogens (tertiary/aromatic N) is 3. The molecule has 0 spiro atoms. The maximum atomic E-state index is 14.4. The Morgan fingerprint density at radius 1 is 1.21 bits per heavy atom. The number of unbranched alkanes of at least 4 members (excludes halogenated alkanes) is 1. The predicted octanol–water partition coefficient (Wildman–Crippen LogP) is 2.46. The van der Waals surface area contributed by atoms with E-state index in [-0.39, 0.29) is 11.7 Å². The van der Waals surface area contributed by atoms with Crippen LogP contribution in [0.5, 0.6) is 5.88 Å². The number of rotatable bonds is 4. The molecule has 0 atom stereocenters. The molecule has 2 heterocycles. The lowest BCUT2D eigenvalue weighted by Gasteiger charge is -2.36. The highest BCUT2D eigenvalue weighted by Crippen LogP contribution is 2.40. The minimum atomic E-state index is -0.355. The lowest BCUT2D eigenvalue weighted by atomic mass is 10.1. The van der Waals surface area contributed by atoms with Gasteiger partial charge in [-0.05, 0) is 12.8 Å². The number of ether oxygens (including phenoxy) is 1. The topological polar surface area (TPSA) is 28.6 Å². The number of aromatic nitrogens is 1. The monoisotopic (exact) mass is 267 g/mol. The van der Waals surface area contributed by atoms with Crippen LogP contribution in [0.4, 0.5) is 15.8 Å². The maximum absolute atomic E-state index is 14.4. The van der Waals surface area contributed by atoms with Crippen LogP contribution in [0.2, 0.25) is 0 Å². The zero-order chi connectivity index (χ0) is 14.0. The van der Waals surface area contributed by atoms with Crippen LogP contribution in [0, 0.1) is 5.82 Å². The summed E-state index contributed by atoms with van der Waals surface area (Å²) in [6, 6.07) is 0. The lowest BCUT2D eigenvalue weighted by molar-refractivity contribution is 0.367. The molecule has 0 aliphatic carbocycles. The van der Waals surface area contributed by atoms with E-state index >= 15 is 0 Å². The fraction of sp³-hybridized carbons (Fsp3) is 0.643. The van der Waals surface area contributed by atoms with Crippen LogP contribution in [0.15, 0.2) is 0 Å². The lowest BCUT2D eigenvalue weighted by Crippen LogP contribution is -2.38. The molecule has 0 amide bonds. The van der Waals surface area contributed by atoms with Crippen LogP contribution in [-0.4, -0.2) is 39.3 Å². The van der Waals surface area contributed by atoms with Gasteiger partial charge in [-0.3, -0.25) is 0 Å². The predicted molar refractivity (Wildman–Crippen MR) is 75.9 cm³/mol. The number of halogens is 1. The number of anilines is 2. The molecule has 0 radical (unpaired) electrons. The van der Waals surface area contributed by atoms with E-state index in [1.165, 1.54) is 7.11 Å². The molecule has 0 aromatic carbocycles. The van der Waals surface area contributed by atoms with Crippen LogP contribution in [-0.2, 0) is 6.42 Å². The Labute approximate surface area is 114 Å². The molecule has 1 aliphatic rings. The average molecular weight is 267 g/mol. The normalized spacial score (nSPS) is 14.6. The van der Waals surface area contributed by atoms with Crippen LogP contribution in [0.3, 0.4) is 0 Å². The zero-order valence-electron chi connectivity index (χ0n) is 12.2. The van der Waals surface area contributed by atoms with Crippen LogP contribution < -0.4 is 14.5 Å². The van der Waals surface area contributed by atoms with Gasteiger partial charge in [0.25, 0.3) is 5.88 Å². The first kappa shape index (κ1) is 13.9. The number of likely N-dealkylation sites (N-methyl/N-ethyl adjacent to an activating group) is 2. The number of fused-ring (bicyclic) bond motifs is 1. The molecule has 0 saturated carbocycles. The van der Waals surface area contributed by atoms with Crippen LogP contribution in [0.1, 0.15) is 25.5 Å². The molecule has 0 saturated heterocycles. The van der Waals surface area contributed by atoms with E-state index in [4.69, 9.17) is 4.74 Å². The van der Waals surface area contributed by atoms with Gasteiger partial charge in [-0.15, -0.1) is 0 Å². The van der Waals surface area contributed by atoms with E-state index in [0.29, 0.717) is 5.69 Å². The molecule has 4 nitrogen and oxygen atoms in total. The molecule has 1 aliphatic heterocycles. The SMILES string of the molecule is CCCCc1nc(OC)c(F)c2c1N(C)CCN2C. The fourth-order valence-corrected chi connectivity index (χ4v) is 2.49. The Morgan fingerprint density at radius 2 is 1.84 bits per heavy atom. The van der Waals surface area contributed by atoms with Crippen molar-refractivity contribution in [2.45, 2.75) is 26.2 Å². The summed E-state index contributed by atoms with van der Waals surface area (Å²) in [5.74, 6) is -0.251. The highest BCUT2D eigenvalue weighted by molar-refractivity contribution is 5.77. The number of pyridine rings is 1. The summed E-state index contributed by atoms with van der Waals surface area (Å²) in [6.45, 7) is 3.83. The van der Waals surface area contributed by atoms with E-state index < -0.39 is 0 Å². The van der Waals surface area contributed by atoms with Crippen molar-refractivity contribution in [2.75, 3.05) is 44.1 Å². The Bertz CT molecular complexity index is 464. The molecule has 19 heavy (non-hydrogen) atoms. The first-order valence-corrected chi connectivity index (χ1v) is 6.78. The summed E-state index contributed by atoms with van der Waals surface area (Å²) in [4.78, 5) is 8.40. The summed E-state index contributed by atoms with van der Waals surface area (Å²) in [5, 5.41) is 0. The molecule has 1 aromatic heterocycles. The van der Waals surface area contributed by atoms with Gasteiger partial charge in [-0.2, -0.15) is 4.39 Å². The second-order valence-corrected chi connectivity index (χ2v) is 5.03. The van der Waals surface area contributed by atoms with Crippen molar-refractivity contribution in [1.82, 2.24) is 4.98 Å². The summed E-state index contributed by atoms with van der Waals surface area (Å²) < 4.78 is 19.5. The van der Waals surface area contributed by atoms with E-state index in [1.807, 2.05) is 19.0 Å². The van der Waals surface area contributed by atoms with Gasteiger partial charge in [-0.25, -0.2) is 4.98 Å². The van der Waals surface area contributed by atoms with Gasteiger partial charge in [0.15, 0.2) is 0 Å². The third-order valence-electron chi connectivity index (χ3n) is 3.62. The van der Waals surface area contributed by atoms with Crippen molar-refractivity contribution in [3.8, 4) is 5.88 Å². The molecule has 0 fully saturated rings. The molecular formula is C14H22FN3O. The third kappa shape index (κ3) is 2.46. The smallest absolute Gasteiger partial charge is 0.252 e. The van der Waals surface area contributed by atoms with Crippen molar-refractivity contribution < 1.29 is 9.13 Å². The maximum Gasteiger partial charge on any atom is 0.252 e. The van der Waals surface area contributed by atoms with Gasteiger partial charge in [-0.1, -0.05) is 13.3 Å². The largest absolute Gasteiger partial charge is 0.479 e. The number of hydrogen-bond donors (Lipinski definition) is 0. The van der Waals surface area contributed by atoms with Crippen LogP contribution >= 0.6 is 0 Å². The first-order chi connectivity index (χ1) is 9.10. The summed E-state index contributed by atoms with van der Waals surface area (Å²) >= 11 is 0. The summed E-state index contributed by atoms with van der Waals surface area (Å²) in [6.07, 6.45) is 3.00. The molecule has 0 N–H and O–H groups in total. The van der Waals surface area contributed by atoms with E-state index in [9.17, 15) is 4.39 Å². The molecule has 0 unspecified atom stereocenters. The van der Waals surface area contributed by atoms with Gasteiger partial charge in [0.2, 0.25) is 5.82 Å². The minimum Gasteiger partial charge on any atom is -0.479 e.